The minimum Gasteiger partial charge on any atom is -0.437 e. The van der Waals surface area contributed by atoms with Crippen LogP contribution in [0.4, 0.5) is 11.6 Å². The highest BCUT2D eigenvalue weighted by atomic mass is 35.5. The number of halogens is 1. The van der Waals surface area contributed by atoms with Crippen LogP contribution in [-0.2, 0) is 12.0 Å². The first-order chi connectivity index (χ1) is 18.2. The van der Waals surface area contributed by atoms with Gasteiger partial charge in [0.1, 0.15) is 11.4 Å². The van der Waals surface area contributed by atoms with Gasteiger partial charge < -0.3 is 15.0 Å². The lowest BCUT2D eigenvalue weighted by molar-refractivity contribution is 0.255. The minimum absolute atomic E-state index is 0.0581. The molecule has 0 aliphatic carbocycles. The Morgan fingerprint density at radius 1 is 1.08 bits per heavy atom. The van der Waals surface area contributed by atoms with Crippen molar-refractivity contribution in [3.63, 3.8) is 0 Å². The number of nitrogens with zero attached hydrogens (tertiary/aromatic N) is 3. The Hall–Kier alpha value is -3.39. The summed E-state index contributed by atoms with van der Waals surface area (Å²) in [5.74, 6) is 1.92. The van der Waals surface area contributed by atoms with Crippen LogP contribution in [0.5, 0.6) is 11.6 Å². The maximum absolute atomic E-state index is 6.31. The van der Waals surface area contributed by atoms with Crippen LogP contribution in [0.25, 0.3) is 11.0 Å². The lowest BCUT2D eigenvalue weighted by Gasteiger charge is -2.24. The van der Waals surface area contributed by atoms with Gasteiger partial charge in [-0.3, -0.25) is 4.90 Å². The Balaban J connectivity index is 1.35. The van der Waals surface area contributed by atoms with E-state index in [9.17, 15) is 0 Å². The van der Waals surface area contributed by atoms with Gasteiger partial charge in [0.2, 0.25) is 11.8 Å². The third-order valence-electron chi connectivity index (χ3n) is 6.61. The van der Waals surface area contributed by atoms with E-state index in [2.05, 4.69) is 85.3 Å². The fraction of sp³-hybridized carbons (Fsp3) is 0.267. The van der Waals surface area contributed by atoms with Crippen LogP contribution in [-0.4, -0.2) is 26.9 Å². The molecule has 0 fully saturated rings. The number of nitrogens with one attached hydrogen (secondary N) is 2. The molecule has 1 atom stereocenters. The van der Waals surface area contributed by atoms with E-state index in [1.807, 2.05) is 36.4 Å². The highest BCUT2D eigenvalue weighted by Gasteiger charge is 2.20. The molecule has 1 unspecified atom stereocenters. The molecule has 0 aliphatic rings. The van der Waals surface area contributed by atoms with Crippen molar-refractivity contribution < 1.29 is 4.74 Å². The maximum atomic E-state index is 6.31. The number of H-pyrrole nitrogens is 1. The number of hydrogen-bond acceptors (Lipinski definition) is 6. The molecule has 5 aromatic rings. The second-order valence-corrected chi connectivity index (χ2v) is 12.3. The number of fused-ring (bicyclic) bond motifs is 1. The summed E-state index contributed by atoms with van der Waals surface area (Å²) in [5.41, 5.74) is 4.86. The van der Waals surface area contributed by atoms with Crippen LogP contribution in [0.3, 0.4) is 0 Å². The molecule has 3 heterocycles. The molecule has 0 amide bonds. The summed E-state index contributed by atoms with van der Waals surface area (Å²) in [7, 11) is 2.13. The van der Waals surface area contributed by atoms with Crippen molar-refractivity contribution >= 4 is 45.6 Å². The predicted molar refractivity (Wildman–Crippen MR) is 158 cm³/mol. The van der Waals surface area contributed by atoms with E-state index in [-0.39, 0.29) is 11.5 Å². The van der Waals surface area contributed by atoms with E-state index in [0.717, 1.165) is 38.9 Å². The molecule has 0 saturated carbocycles. The molecule has 38 heavy (non-hydrogen) atoms. The fourth-order valence-electron chi connectivity index (χ4n) is 4.39. The lowest BCUT2D eigenvalue weighted by atomic mass is 9.86. The Morgan fingerprint density at radius 3 is 2.66 bits per heavy atom. The second-order valence-electron chi connectivity index (χ2n) is 10.5. The molecule has 2 N–H and O–H groups in total. The highest BCUT2D eigenvalue weighted by molar-refractivity contribution is 7.16. The smallest absolute Gasteiger partial charge is 0.243 e. The molecule has 0 saturated heterocycles. The van der Waals surface area contributed by atoms with Gasteiger partial charge in [-0.25, -0.2) is 9.97 Å². The fourth-order valence-corrected chi connectivity index (χ4v) is 5.55. The summed E-state index contributed by atoms with van der Waals surface area (Å²) < 4.78 is 7.13. The number of thiophene rings is 1. The SMILES string of the molecule is CC(c1ccc2nc(Nc3cccnc3Oc3ccccc3C(C)(C)C)[nH]c2c1)N(C)Cc1ccc(Cl)s1. The average molecular weight is 546 g/mol. The molecule has 6 nitrogen and oxygen atoms in total. The molecule has 0 spiro atoms. The van der Waals surface area contributed by atoms with Gasteiger partial charge in [-0.05, 0) is 67.4 Å². The van der Waals surface area contributed by atoms with Crippen molar-refractivity contribution in [1.29, 1.82) is 0 Å². The third-order valence-corrected chi connectivity index (χ3v) is 7.83. The normalized spacial score (nSPS) is 12.7. The largest absolute Gasteiger partial charge is 0.437 e. The monoisotopic (exact) mass is 545 g/mol. The number of anilines is 2. The van der Waals surface area contributed by atoms with Gasteiger partial charge in [-0.15, -0.1) is 11.3 Å². The number of benzene rings is 2. The van der Waals surface area contributed by atoms with E-state index in [4.69, 9.17) is 21.3 Å². The number of hydrogen-bond donors (Lipinski definition) is 2. The van der Waals surface area contributed by atoms with Crippen LogP contribution >= 0.6 is 22.9 Å². The Labute approximate surface area is 232 Å². The Kier molecular flexibility index (Phi) is 7.43. The summed E-state index contributed by atoms with van der Waals surface area (Å²) in [6, 6.07) is 22.5. The van der Waals surface area contributed by atoms with Gasteiger partial charge in [0, 0.05) is 29.2 Å². The maximum Gasteiger partial charge on any atom is 0.243 e. The second kappa shape index (κ2) is 10.8. The van der Waals surface area contributed by atoms with Crippen molar-refractivity contribution in [2.45, 2.75) is 45.7 Å². The van der Waals surface area contributed by atoms with Gasteiger partial charge in [0.15, 0.2) is 0 Å². The molecule has 3 aromatic heterocycles. The van der Waals surface area contributed by atoms with Crippen LogP contribution in [0.2, 0.25) is 4.34 Å². The molecule has 0 aliphatic heterocycles. The topological polar surface area (TPSA) is 66.1 Å². The first kappa shape index (κ1) is 26.2. The zero-order chi connectivity index (χ0) is 26.9. The molecular weight excluding hydrogens is 514 g/mol. The van der Waals surface area contributed by atoms with Gasteiger partial charge in [-0.1, -0.05) is 56.6 Å². The van der Waals surface area contributed by atoms with Crippen LogP contribution in [0, 0.1) is 0 Å². The third kappa shape index (κ3) is 5.85. The number of aromatic nitrogens is 3. The molecule has 0 bridgehead atoms. The zero-order valence-corrected chi connectivity index (χ0v) is 23.8. The van der Waals surface area contributed by atoms with E-state index >= 15 is 0 Å². The first-order valence-corrected chi connectivity index (χ1v) is 13.8. The van der Waals surface area contributed by atoms with Gasteiger partial charge in [0.05, 0.1) is 15.4 Å². The minimum atomic E-state index is -0.0581. The number of rotatable bonds is 8. The summed E-state index contributed by atoms with van der Waals surface area (Å²) >= 11 is 7.73. The number of para-hydroxylation sites is 1. The average Bonchev–Trinajstić information content (AvgIpc) is 3.48. The van der Waals surface area contributed by atoms with Crippen LogP contribution in [0.15, 0.2) is 72.9 Å². The quantitative estimate of drug-likeness (QED) is 0.204. The summed E-state index contributed by atoms with van der Waals surface area (Å²) in [6.45, 7) is 9.57. The number of pyridine rings is 1. The molecular formula is C30H32ClN5OS. The van der Waals surface area contributed by atoms with Crippen molar-refractivity contribution in [2.75, 3.05) is 12.4 Å². The summed E-state index contributed by atoms with van der Waals surface area (Å²) in [5, 5.41) is 3.37. The van der Waals surface area contributed by atoms with Crippen molar-refractivity contribution in [1.82, 2.24) is 19.9 Å². The van der Waals surface area contributed by atoms with Crippen LogP contribution in [0.1, 0.15) is 49.7 Å². The van der Waals surface area contributed by atoms with Crippen molar-refractivity contribution in [3.8, 4) is 11.6 Å². The Morgan fingerprint density at radius 2 is 1.89 bits per heavy atom. The van der Waals surface area contributed by atoms with E-state index in [0.29, 0.717) is 11.8 Å². The highest BCUT2D eigenvalue weighted by Crippen LogP contribution is 2.36. The molecule has 5 rings (SSSR count). The number of aromatic amines is 1. The summed E-state index contributed by atoms with van der Waals surface area (Å²) in [6.07, 6.45) is 1.73. The van der Waals surface area contributed by atoms with Gasteiger partial charge in [0.25, 0.3) is 0 Å². The standard InChI is InChI=1S/C30H32ClN5OS/c1-19(36(5)18-21-13-15-27(31)38-21)20-12-14-23-25(17-20)35-29(33-23)34-24-10-8-16-32-28(24)37-26-11-7-6-9-22(26)30(2,3)4/h6-17,19H,18H2,1-5H3,(H2,33,34,35). The summed E-state index contributed by atoms with van der Waals surface area (Å²) in [4.78, 5) is 16.2. The predicted octanol–water partition coefficient (Wildman–Crippen LogP) is 8.70. The van der Waals surface area contributed by atoms with Gasteiger partial charge >= 0.3 is 0 Å². The lowest BCUT2D eigenvalue weighted by Crippen LogP contribution is -2.21. The molecule has 196 valence electrons. The van der Waals surface area contributed by atoms with E-state index in [1.165, 1.54) is 10.4 Å². The van der Waals surface area contributed by atoms with E-state index in [1.54, 1.807) is 17.5 Å². The molecule has 2 aromatic carbocycles. The van der Waals surface area contributed by atoms with Crippen LogP contribution < -0.4 is 10.1 Å². The Bertz CT molecular complexity index is 1550. The van der Waals surface area contributed by atoms with Gasteiger partial charge in [-0.2, -0.15) is 0 Å². The van der Waals surface area contributed by atoms with Crippen molar-refractivity contribution in [3.05, 3.63) is 93.3 Å². The zero-order valence-electron chi connectivity index (χ0n) is 22.2. The van der Waals surface area contributed by atoms with E-state index < -0.39 is 0 Å². The van der Waals surface area contributed by atoms with Crippen molar-refractivity contribution in [2.24, 2.45) is 0 Å². The number of imidazole rings is 1. The molecule has 0 radical (unpaired) electrons. The molecule has 8 heteroatoms. The first-order valence-electron chi connectivity index (χ1n) is 12.6. The number of ether oxygens (including phenoxy) is 1.